The second-order valence-corrected chi connectivity index (χ2v) is 4.92. The van der Waals surface area contributed by atoms with Gasteiger partial charge in [0.25, 0.3) is 5.88 Å². The lowest BCUT2D eigenvalue weighted by molar-refractivity contribution is 0.0846. The zero-order chi connectivity index (χ0) is 13.2. The van der Waals surface area contributed by atoms with Crippen LogP contribution in [0.1, 0.15) is 11.7 Å². The molecule has 0 amide bonds. The lowest BCUT2D eigenvalue weighted by Crippen LogP contribution is -2.22. The van der Waals surface area contributed by atoms with Gasteiger partial charge in [0, 0.05) is 34.6 Å². The van der Waals surface area contributed by atoms with E-state index in [0.29, 0.717) is 24.1 Å². The molecule has 0 aliphatic carbocycles. The minimum atomic E-state index is -0.209. The number of nitrogens with zero attached hydrogens (tertiary/aromatic N) is 2. The molecule has 5 nitrogen and oxygen atoms in total. The number of rotatable bonds is 2. The monoisotopic (exact) mass is 322 g/mol. The molecule has 1 aliphatic rings. The summed E-state index contributed by atoms with van der Waals surface area (Å²) in [7, 11) is 1.58. The van der Waals surface area contributed by atoms with Crippen LogP contribution in [-0.4, -0.2) is 23.7 Å². The van der Waals surface area contributed by atoms with Crippen LogP contribution in [-0.2, 0) is 0 Å². The van der Waals surface area contributed by atoms with E-state index in [4.69, 9.17) is 14.2 Å². The highest BCUT2D eigenvalue weighted by Gasteiger charge is 2.24. The van der Waals surface area contributed by atoms with Gasteiger partial charge in [-0.3, -0.25) is 0 Å². The third kappa shape index (κ3) is 2.49. The molecular formula is C13H11BrN2O3. The summed E-state index contributed by atoms with van der Waals surface area (Å²) in [5, 5.41) is 0. The summed E-state index contributed by atoms with van der Waals surface area (Å²) in [5.41, 5.74) is 0.927. The Morgan fingerprint density at radius 3 is 2.95 bits per heavy atom. The molecule has 1 unspecified atom stereocenters. The number of hydrogen-bond donors (Lipinski definition) is 0. The zero-order valence-corrected chi connectivity index (χ0v) is 11.8. The minimum Gasteiger partial charge on any atom is -0.484 e. The van der Waals surface area contributed by atoms with Crippen molar-refractivity contribution < 1.29 is 14.2 Å². The molecule has 98 valence electrons. The van der Waals surface area contributed by atoms with Crippen molar-refractivity contribution in [2.45, 2.75) is 6.10 Å². The molecule has 0 bridgehead atoms. The van der Waals surface area contributed by atoms with Crippen molar-refractivity contribution in [2.75, 3.05) is 13.7 Å². The highest BCUT2D eigenvalue weighted by atomic mass is 79.9. The molecule has 19 heavy (non-hydrogen) atoms. The van der Waals surface area contributed by atoms with Gasteiger partial charge in [-0.05, 0) is 22.0 Å². The van der Waals surface area contributed by atoms with Gasteiger partial charge in [-0.25, -0.2) is 9.97 Å². The summed E-state index contributed by atoms with van der Waals surface area (Å²) >= 11 is 3.34. The Kier molecular flexibility index (Phi) is 3.25. The predicted molar refractivity (Wildman–Crippen MR) is 71.6 cm³/mol. The van der Waals surface area contributed by atoms with Crippen molar-refractivity contribution in [1.82, 2.24) is 9.97 Å². The topological polar surface area (TPSA) is 53.5 Å². The highest BCUT2D eigenvalue weighted by molar-refractivity contribution is 9.10. The summed E-state index contributed by atoms with van der Waals surface area (Å²) in [6, 6.07) is 5.54. The Morgan fingerprint density at radius 1 is 1.32 bits per heavy atom. The SMILES string of the molecule is COc1ccc(C2COc3cc(Br)cnc3O2)cn1. The van der Waals surface area contributed by atoms with E-state index in [1.54, 1.807) is 25.6 Å². The van der Waals surface area contributed by atoms with E-state index in [1.807, 2.05) is 12.1 Å². The molecule has 1 aliphatic heterocycles. The average Bonchev–Trinajstić information content (AvgIpc) is 2.47. The van der Waals surface area contributed by atoms with E-state index in [2.05, 4.69) is 25.9 Å². The fraction of sp³-hybridized carbons (Fsp3) is 0.231. The van der Waals surface area contributed by atoms with Gasteiger partial charge in [-0.2, -0.15) is 0 Å². The van der Waals surface area contributed by atoms with Crippen LogP contribution in [0.3, 0.4) is 0 Å². The van der Waals surface area contributed by atoms with Gasteiger partial charge in [-0.15, -0.1) is 0 Å². The van der Waals surface area contributed by atoms with E-state index < -0.39 is 0 Å². The maximum atomic E-state index is 5.81. The first kappa shape index (κ1) is 12.2. The van der Waals surface area contributed by atoms with Crippen molar-refractivity contribution in [3.63, 3.8) is 0 Å². The highest BCUT2D eigenvalue weighted by Crippen LogP contribution is 2.35. The number of pyridine rings is 2. The molecule has 0 N–H and O–H groups in total. The molecule has 0 fully saturated rings. The molecule has 2 aromatic heterocycles. The van der Waals surface area contributed by atoms with Gasteiger partial charge in [0.15, 0.2) is 11.9 Å². The van der Waals surface area contributed by atoms with Crippen molar-refractivity contribution >= 4 is 15.9 Å². The Labute approximate surface area is 118 Å². The van der Waals surface area contributed by atoms with Gasteiger partial charge >= 0.3 is 0 Å². The standard InChI is InChI=1S/C13H11BrN2O3/c1-17-12-3-2-8(5-15-12)11-7-18-10-4-9(14)6-16-13(10)19-11/h2-6,11H,7H2,1H3. The Balaban J connectivity index is 1.82. The van der Waals surface area contributed by atoms with E-state index in [9.17, 15) is 0 Å². The van der Waals surface area contributed by atoms with Gasteiger partial charge in [0.2, 0.25) is 5.88 Å². The maximum Gasteiger partial charge on any atom is 0.257 e. The van der Waals surface area contributed by atoms with Gasteiger partial charge in [-0.1, -0.05) is 0 Å². The van der Waals surface area contributed by atoms with Gasteiger partial charge in [0.05, 0.1) is 7.11 Å². The maximum absolute atomic E-state index is 5.81. The molecule has 2 aromatic rings. The number of aromatic nitrogens is 2. The molecule has 3 rings (SSSR count). The molecule has 1 atom stereocenters. The predicted octanol–water partition coefficient (Wildman–Crippen LogP) is 2.76. The van der Waals surface area contributed by atoms with Crippen LogP contribution in [0.2, 0.25) is 0 Å². The first-order chi connectivity index (χ1) is 9.26. The van der Waals surface area contributed by atoms with Gasteiger partial charge < -0.3 is 14.2 Å². The van der Waals surface area contributed by atoms with Crippen LogP contribution >= 0.6 is 15.9 Å². The van der Waals surface area contributed by atoms with Crippen molar-refractivity contribution in [3.05, 3.63) is 40.6 Å². The summed E-state index contributed by atoms with van der Waals surface area (Å²) in [4.78, 5) is 8.35. The third-order valence-electron chi connectivity index (χ3n) is 2.77. The average molecular weight is 323 g/mol. The number of fused-ring (bicyclic) bond motifs is 1. The second-order valence-electron chi connectivity index (χ2n) is 4.01. The Bertz CT molecular complexity index is 589. The number of methoxy groups -OCH3 is 1. The first-order valence-electron chi connectivity index (χ1n) is 5.71. The smallest absolute Gasteiger partial charge is 0.257 e. The van der Waals surface area contributed by atoms with Crippen LogP contribution in [0.15, 0.2) is 35.1 Å². The number of ether oxygens (including phenoxy) is 3. The second kappa shape index (κ2) is 5.05. The van der Waals surface area contributed by atoms with Gasteiger partial charge in [0.1, 0.15) is 6.61 Å². The molecule has 6 heteroatoms. The summed E-state index contributed by atoms with van der Waals surface area (Å²) < 4.78 is 17.3. The number of hydrogen-bond acceptors (Lipinski definition) is 5. The fourth-order valence-electron chi connectivity index (χ4n) is 1.80. The molecule has 0 aromatic carbocycles. The number of halogens is 1. The Hall–Kier alpha value is -1.82. The van der Waals surface area contributed by atoms with E-state index >= 15 is 0 Å². The molecule has 3 heterocycles. The fourth-order valence-corrected chi connectivity index (χ4v) is 2.11. The van der Waals surface area contributed by atoms with Crippen molar-refractivity contribution in [1.29, 1.82) is 0 Å². The van der Waals surface area contributed by atoms with Crippen LogP contribution in [0.25, 0.3) is 0 Å². The molecule has 0 saturated heterocycles. The van der Waals surface area contributed by atoms with E-state index in [0.717, 1.165) is 10.0 Å². The quantitative estimate of drug-likeness (QED) is 0.851. The summed E-state index contributed by atoms with van der Waals surface area (Å²) in [6.07, 6.45) is 3.19. The molecular weight excluding hydrogens is 312 g/mol. The van der Waals surface area contributed by atoms with Crippen molar-refractivity contribution in [2.24, 2.45) is 0 Å². The lowest BCUT2D eigenvalue weighted by Gasteiger charge is -2.25. The van der Waals surface area contributed by atoms with E-state index in [-0.39, 0.29) is 6.10 Å². The van der Waals surface area contributed by atoms with Crippen LogP contribution < -0.4 is 14.2 Å². The molecule has 0 radical (unpaired) electrons. The van der Waals surface area contributed by atoms with Crippen LogP contribution in [0.5, 0.6) is 17.5 Å². The zero-order valence-electron chi connectivity index (χ0n) is 10.2. The first-order valence-corrected chi connectivity index (χ1v) is 6.50. The summed E-state index contributed by atoms with van der Waals surface area (Å²) in [6.45, 7) is 0.430. The minimum absolute atomic E-state index is 0.209. The normalized spacial score (nSPS) is 17.1. The third-order valence-corrected chi connectivity index (χ3v) is 3.20. The summed E-state index contributed by atoms with van der Waals surface area (Å²) in [5.74, 6) is 1.71. The largest absolute Gasteiger partial charge is 0.484 e. The molecule has 0 spiro atoms. The van der Waals surface area contributed by atoms with Crippen LogP contribution in [0, 0.1) is 0 Å². The van der Waals surface area contributed by atoms with Crippen molar-refractivity contribution in [3.8, 4) is 17.5 Å². The lowest BCUT2D eigenvalue weighted by atomic mass is 10.1. The Morgan fingerprint density at radius 2 is 2.21 bits per heavy atom. The van der Waals surface area contributed by atoms with Crippen LogP contribution in [0.4, 0.5) is 0 Å². The molecule has 0 saturated carbocycles. The van der Waals surface area contributed by atoms with E-state index in [1.165, 1.54) is 0 Å².